The van der Waals surface area contributed by atoms with Crippen molar-refractivity contribution in [2.24, 2.45) is 0 Å². The monoisotopic (exact) mass is 162 g/mol. The Morgan fingerprint density at radius 1 is 1.42 bits per heavy atom. The molecule has 0 saturated carbocycles. The quantitative estimate of drug-likeness (QED) is 0.639. The molecule has 0 aliphatic carbocycles. The van der Waals surface area contributed by atoms with Crippen molar-refractivity contribution in [3.05, 3.63) is 29.7 Å². The van der Waals surface area contributed by atoms with Crippen LogP contribution in [0.2, 0.25) is 0 Å². The van der Waals surface area contributed by atoms with Gasteiger partial charge in [-0.05, 0) is 26.0 Å². The molecule has 2 rings (SSSR count). The molecule has 2 aromatic rings. The minimum absolute atomic E-state index is 0.230. The average Bonchev–Trinajstić information content (AvgIpc) is 2.32. The van der Waals surface area contributed by atoms with Crippen LogP contribution in [0.3, 0.4) is 0 Å². The van der Waals surface area contributed by atoms with E-state index in [2.05, 4.69) is 4.98 Å². The number of hydrogen-bond donors (Lipinski definition) is 1. The third-order valence-corrected chi connectivity index (χ3v) is 2.11. The molecule has 12 heavy (non-hydrogen) atoms. The predicted molar refractivity (Wildman–Crippen MR) is 46.3 cm³/mol. The Morgan fingerprint density at radius 3 is 2.83 bits per heavy atom. The molecule has 0 amide bonds. The largest absolute Gasteiger partial charge is 0.504 e. The number of imidazole rings is 1. The molecule has 0 aromatic carbocycles. The maximum Gasteiger partial charge on any atom is 0.179 e. The maximum absolute atomic E-state index is 9.43. The molecule has 0 saturated heterocycles. The SMILES string of the molecule is Cc1nc2c(O)cccn2c1C. The second kappa shape index (κ2) is 2.24. The van der Waals surface area contributed by atoms with E-state index in [4.69, 9.17) is 0 Å². The van der Waals surface area contributed by atoms with Crippen molar-refractivity contribution >= 4 is 5.65 Å². The Hall–Kier alpha value is -1.51. The lowest BCUT2D eigenvalue weighted by molar-refractivity contribution is 0.477. The van der Waals surface area contributed by atoms with Gasteiger partial charge in [0.15, 0.2) is 11.4 Å². The first kappa shape index (κ1) is 7.16. The van der Waals surface area contributed by atoms with E-state index in [1.807, 2.05) is 24.4 Å². The highest BCUT2D eigenvalue weighted by molar-refractivity contribution is 5.54. The lowest BCUT2D eigenvalue weighted by Crippen LogP contribution is -1.85. The van der Waals surface area contributed by atoms with Crippen LogP contribution in [0, 0.1) is 13.8 Å². The van der Waals surface area contributed by atoms with E-state index >= 15 is 0 Å². The Bertz CT molecular complexity index is 431. The standard InChI is InChI=1S/C9H10N2O/c1-6-7(2)11-5-3-4-8(12)9(11)10-6/h3-5,12H,1-2H3. The molecule has 0 spiro atoms. The zero-order chi connectivity index (χ0) is 8.72. The zero-order valence-corrected chi connectivity index (χ0v) is 7.07. The van der Waals surface area contributed by atoms with Gasteiger partial charge in [-0.15, -0.1) is 0 Å². The van der Waals surface area contributed by atoms with E-state index in [0.29, 0.717) is 5.65 Å². The molecule has 2 heterocycles. The summed E-state index contributed by atoms with van der Waals surface area (Å²) < 4.78 is 1.88. The van der Waals surface area contributed by atoms with Crippen LogP contribution in [0.4, 0.5) is 0 Å². The van der Waals surface area contributed by atoms with Crippen molar-refractivity contribution in [2.45, 2.75) is 13.8 Å². The Balaban J connectivity index is 2.95. The van der Waals surface area contributed by atoms with Crippen LogP contribution in [-0.4, -0.2) is 14.5 Å². The molecule has 0 aliphatic heterocycles. The molecule has 2 aromatic heterocycles. The molecule has 3 heteroatoms. The number of aromatic nitrogens is 2. The normalized spacial score (nSPS) is 10.8. The lowest BCUT2D eigenvalue weighted by atomic mass is 10.4. The Labute approximate surface area is 70.3 Å². The van der Waals surface area contributed by atoms with E-state index in [9.17, 15) is 5.11 Å². The number of pyridine rings is 1. The Morgan fingerprint density at radius 2 is 2.17 bits per heavy atom. The molecule has 0 radical (unpaired) electrons. The summed E-state index contributed by atoms with van der Waals surface area (Å²) in [7, 11) is 0. The maximum atomic E-state index is 9.43. The molecular formula is C9H10N2O. The number of aryl methyl sites for hydroxylation is 2. The van der Waals surface area contributed by atoms with E-state index in [1.165, 1.54) is 0 Å². The summed E-state index contributed by atoms with van der Waals surface area (Å²) in [6.07, 6.45) is 1.89. The van der Waals surface area contributed by atoms with Crippen LogP contribution in [-0.2, 0) is 0 Å². The summed E-state index contributed by atoms with van der Waals surface area (Å²) in [4.78, 5) is 4.23. The summed E-state index contributed by atoms with van der Waals surface area (Å²) in [5, 5.41) is 9.43. The summed E-state index contributed by atoms with van der Waals surface area (Å²) in [6, 6.07) is 3.44. The van der Waals surface area contributed by atoms with Crippen LogP contribution in [0.25, 0.3) is 5.65 Å². The second-order valence-electron chi connectivity index (χ2n) is 2.87. The van der Waals surface area contributed by atoms with Crippen molar-refractivity contribution in [1.29, 1.82) is 0 Å². The molecule has 0 aliphatic rings. The fraction of sp³-hybridized carbons (Fsp3) is 0.222. The predicted octanol–water partition coefficient (Wildman–Crippen LogP) is 1.66. The van der Waals surface area contributed by atoms with E-state index in [1.54, 1.807) is 12.1 Å². The van der Waals surface area contributed by atoms with Gasteiger partial charge in [-0.2, -0.15) is 0 Å². The van der Waals surface area contributed by atoms with Gasteiger partial charge in [0.05, 0.1) is 5.69 Å². The summed E-state index contributed by atoms with van der Waals surface area (Å²) in [5.74, 6) is 0.230. The van der Waals surface area contributed by atoms with E-state index in [0.717, 1.165) is 11.4 Å². The third kappa shape index (κ3) is 0.794. The van der Waals surface area contributed by atoms with Gasteiger partial charge in [-0.3, -0.25) is 0 Å². The van der Waals surface area contributed by atoms with Crippen molar-refractivity contribution in [3.63, 3.8) is 0 Å². The first-order valence-electron chi connectivity index (χ1n) is 3.83. The molecular weight excluding hydrogens is 152 g/mol. The van der Waals surface area contributed by atoms with Crippen LogP contribution < -0.4 is 0 Å². The van der Waals surface area contributed by atoms with Crippen LogP contribution >= 0.6 is 0 Å². The fourth-order valence-electron chi connectivity index (χ4n) is 1.28. The van der Waals surface area contributed by atoms with Gasteiger partial charge < -0.3 is 9.51 Å². The second-order valence-corrected chi connectivity index (χ2v) is 2.87. The third-order valence-electron chi connectivity index (χ3n) is 2.11. The minimum Gasteiger partial charge on any atom is -0.504 e. The molecule has 0 fully saturated rings. The van der Waals surface area contributed by atoms with Gasteiger partial charge in [-0.1, -0.05) is 0 Å². The number of nitrogens with zero attached hydrogens (tertiary/aromatic N) is 2. The topological polar surface area (TPSA) is 37.5 Å². The molecule has 1 N–H and O–H groups in total. The summed E-state index contributed by atoms with van der Waals surface area (Å²) >= 11 is 0. The highest BCUT2D eigenvalue weighted by Crippen LogP contribution is 2.19. The number of aromatic hydroxyl groups is 1. The van der Waals surface area contributed by atoms with Crippen molar-refractivity contribution in [2.75, 3.05) is 0 Å². The van der Waals surface area contributed by atoms with E-state index < -0.39 is 0 Å². The van der Waals surface area contributed by atoms with Crippen LogP contribution in [0.1, 0.15) is 11.4 Å². The van der Waals surface area contributed by atoms with Gasteiger partial charge in [0.25, 0.3) is 0 Å². The van der Waals surface area contributed by atoms with Gasteiger partial charge in [0.2, 0.25) is 0 Å². The van der Waals surface area contributed by atoms with Gasteiger partial charge >= 0.3 is 0 Å². The lowest BCUT2D eigenvalue weighted by Gasteiger charge is -1.96. The molecule has 0 unspecified atom stereocenters. The molecule has 0 atom stereocenters. The van der Waals surface area contributed by atoms with E-state index in [-0.39, 0.29) is 5.75 Å². The Kier molecular flexibility index (Phi) is 1.33. The molecule has 3 nitrogen and oxygen atoms in total. The highest BCUT2D eigenvalue weighted by Gasteiger charge is 2.05. The van der Waals surface area contributed by atoms with Gasteiger partial charge in [0.1, 0.15) is 0 Å². The highest BCUT2D eigenvalue weighted by atomic mass is 16.3. The summed E-state index contributed by atoms with van der Waals surface area (Å²) in [6.45, 7) is 3.91. The number of fused-ring (bicyclic) bond motifs is 1. The van der Waals surface area contributed by atoms with Crippen LogP contribution in [0.15, 0.2) is 18.3 Å². The van der Waals surface area contributed by atoms with Gasteiger partial charge in [-0.25, -0.2) is 4.98 Å². The number of hydrogen-bond acceptors (Lipinski definition) is 2. The van der Waals surface area contributed by atoms with Gasteiger partial charge in [0, 0.05) is 11.9 Å². The van der Waals surface area contributed by atoms with Crippen molar-refractivity contribution in [3.8, 4) is 5.75 Å². The zero-order valence-electron chi connectivity index (χ0n) is 7.07. The van der Waals surface area contributed by atoms with Crippen LogP contribution in [0.5, 0.6) is 5.75 Å². The summed E-state index contributed by atoms with van der Waals surface area (Å²) in [5.41, 5.74) is 2.66. The minimum atomic E-state index is 0.230. The van der Waals surface area contributed by atoms with Crippen molar-refractivity contribution in [1.82, 2.24) is 9.38 Å². The first-order chi connectivity index (χ1) is 5.70. The molecule has 62 valence electrons. The molecule has 0 bridgehead atoms. The smallest absolute Gasteiger partial charge is 0.179 e. The fourth-order valence-corrected chi connectivity index (χ4v) is 1.28. The van der Waals surface area contributed by atoms with Crippen molar-refractivity contribution < 1.29 is 5.11 Å². The number of rotatable bonds is 0. The first-order valence-corrected chi connectivity index (χ1v) is 3.83. The average molecular weight is 162 g/mol.